The molecule has 5 aromatic rings. The van der Waals surface area contributed by atoms with Crippen LogP contribution in [-0.4, -0.2) is 30.4 Å². The lowest BCUT2D eigenvalue weighted by atomic mass is 10.2. The Morgan fingerprint density at radius 2 is 1.60 bits per heavy atom. The van der Waals surface area contributed by atoms with Crippen LogP contribution in [0.15, 0.2) is 102 Å². The second-order valence-corrected chi connectivity index (χ2v) is 9.60. The van der Waals surface area contributed by atoms with Gasteiger partial charge >= 0.3 is 0 Å². The molecule has 9 heteroatoms. The molecule has 0 atom stereocenters. The number of aromatic nitrogens is 3. The average molecular weight is 487 g/mol. The van der Waals surface area contributed by atoms with E-state index in [9.17, 15) is 12.8 Å². The fourth-order valence-electron chi connectivity index (χ4n) is 3.49. The molecule has 0 fully saturated rings. The Balaban J connectivity index is 1.45. The Hall–Kier alpha value is -4.37. The van der Waals surface area contributed by atoms with Crippen molar-refractivity contribution < 1.29 is 17.5 Å². The summed E-state index contributed by atoms with van der Waals surface area (Å²) in [6, 6.07) is 22.5. The smallest absolute Gasteiger partial charge is 0.264 e. The highest BCUT2D eigenvalue weighted by atomic mass is 32.2. The van der Waals surface area contributed by atoms with Crippen LogP contribution >= 0.6 is 0 Å². The molecule has 0 amide bonds. The number of sulfonamides is 1. The van der Waals surface area contributed by atoms with Crippen LogP contribution in [0.25, 0.3) is 22.3 Å². The number of halogens is 1. The summed E-state index contributed by atoms with van der Waals surface area (Å²) in [5.74, 6) is 0.822. The number of hydrogen-bond acceptors (Lipinski definition) is 6. The van der Waals surface area contributed by atoms with Crippen LogP contribution in [0.1, 0.15) is 0 Å². The molecule has 5 rings (SSSR count). The van der Waals surface area contributed by atoms with Gasteiger partial charge in [-0.05, 0) is 72.8 Å². The molecular weight excluding hydrogens is 467 g/mol. The molecule has 0 aliphatic carbocycles. The van der Waals surface area contributed by atoms with Gasteiger partial charge in [-0.25, -0.2) is 17.8 Å². The molecule has 2 aromatic heterocycles. The van der Waals surface area contributed by atoms with Crippen molar-refractivity contribution >= 4 is 26.6 Å². The molecule has 0 spiro atoms. The summed E-state index contributed by atoms with van der Waals surface area (Å²) < 4.78 is 46.2. The van der Waals surface area contributed by atoms with Gasteiger partial charge in [0.2, 0.25) is 5.88 Å². The normalized spacial score (nSPS) is 11.4. The van der Waals surface area contributed by atoms with Gasteiger partial charge in [0.05, 0.1) is 21.5 Å². The Kier molecular flexibility index (Phi) is 5.84. The number of hydrogen-bond donors (Lipinski definition) is 0. The standard InChI is InChI=1S/C26H19FN4O3S/c1-31(35(32,33)22-14-8-19(27)9-15-22)20-10-12-21(13-11-20)34-26-23-6-2-3-7-24(23)29-25(30-26)18-5-4-16-28-17-18/h2-17H,1H3. The quantitative estimate of drug-likeness (QED) is 0.317. The summed E-state index contributed by atoms with van der Waals surface area (Å²) in [6.07, 6.45) is 3.36. The molecule has 3 aromatic carbocycles. The van der Waals surface area contributed by atoms with E-state index in [1.54, 1.807) is 36.7 Å². The number of para-hydroxylation sites is 1. The third kappa shape index (κ3) is 4.53. The van der Waals surface area contributed by atoms with Crippen molar-refractivity contribution in [3.05, 3.63) is 103 Å². The van der Waals surface area contributed by atoms with E-state index in [2.05, 4.69) is 15.0 Å². The van der Waals surface area contributed by atoms with Crippen molar-refractivity contribution in [1.82, 2.24) is 15.0 Å². The molecule has 2 heterocycles. The van der Waals surface area contributed by atoms with Gasteiger partial charge in [-0.3, -0.25) is 9.29 Å². The highest BCUT2D eigenvalue weighted by Crippen LogP contribution is 2.31. The van der Waals surface area contributed by atoms with Crippen molar-refractivity contribution in [3.63, 3.8) is 0 Å². The molecule has 0 aliphatic heterocycles. The minimum Gasteiger partial charge on any atom is -0.438 e. The van der Waals surface area contributed by atoms with Gasteiger partial charge in [0.1, 0.15) is 11.6 Å². The van der Waals surface area contributed by atoms with Crippen molar-refractivity contribution in [2.45, 2.75) is 4.90 Å². The summed E-state index contributed by atoms with van der Waals surface area (Å²) in [5.41, 5.74) is 1.90. The Morgan fingerprint density at radius 1 is 0.857 bits per heavy atom. The van der Waals surface area contributed by atoms with Crippen molar-refractivity contribution in [1.29, 1.82) is 0 Å². The molecule has 0 N–H and O–H groups in total. The molecule has 174 valence electrons. The number of benzene rings is 3. The van der Waals surface area contributed by atoms with Gasteiger partial charge in [-0.15, -0.1) is 0 Å². The minimum absolute atomic E-state index is 0.00267. The monoisotopic (exact) mass is 486 g/mol. The molecule has 0 saturated heterocycles. The molecule has 0 radical (unpaired) electrons. The zero-order valence-electron chi connectivity index (χ0n) is 18.5. The minimum atomic E-state index is -3.85. The highest BCUT2D eigenvalue weighted by Gasteiger charge is 2.21. The van der Waals surface area contributed by atoms with Crippen LogP contribution < -0.4 is 9.04 Å². The number of anilines is 1. The van der Waals surface area contributed by atoms with Crippen LogP contribution in [0.4, 0.5) is 10.1 Å². The van der Waals surface area contributed by atoms with Crippen LogP contribution in [0.2, 0.25) is 0 Å². The van der Waals surface area contributed by atoms with E-state index < -0.39 is 15.8 Å². The third-order valence-electron chi connectivity index (χ3n) is 5.37. The predicted octanol–water partition coefficient (Wildman–Crippen LogP) is 5.45. The predicted molar refractivity (Wildman–Crippen MR) is 131 cm³/mol. The topological polar surface area (TPSA) is 85.3 Å². The molecule has 0 bridgehead atoms. The largest absolute Gasteiger partial charge is 0.438 e. The van der Waals surface area contributed by atoms with Crippen LogP contribution in [0, 0.1) is 5.82 Å². The summed E-state index contributed by atoms with van der Waals surface area (Å²) >= 11 is 0. The molecule has 0 unspecified atom stereocenters. The average Bonchev–Trinajstić information content (AvgIpc) is 2.89. The molecule has 7 nitrogen and oxygen atoms in total. The summed E-state index contributed by atoms with van der Waals surface area (Å²) in [5, 5.41) is 0.736. The molecule has 0 aliphatic rings. The van der Waals surface area contributed by atoms with E-state index in [1.807, 2.05) is 36.4 Å². The number of ether oxygens (including phenoxy) is 1. The second kappa shape index (κ2) is 9.11. The van der Waals surface area contributed by atoms with Gasteiger partial charge < -0.3 is 4.74 Å². The summed E-state index contributed by atoms with van der Waals surface area (Å²) in [4.78, 5) is 13.3. The molecular formula is C26H19FN4O3S. The fourth-order valence-corrected chi connectivity index (χ4v) is 4.68. The SMILES string of the molecule is CN(c1ccc(Oc2nc(-c3cccnc3)nc3ccccc23)cc1)S(=O)(=O)c1ccc(F)cc1. The van der Waals surface area contributed by atoms with Crippen molar-refractivity contribution in [3.8, 4) is 23.0 Å². The maximum absolute atomic E-state index is 13.2. The first-order valence-electron chi connectivity index (χ1n) is 10.6. The van der Waals surface area contributed by atoms with Crippen molar-refractivity contribution in [2.75, 3.05) is 11.4 Å². The van der Waals surface area contributed by atoms with E-state index in [4.69, 9.17) is 4.74 Å². The first kappa shape index (κ1) is 22.4. The Bertz CT molecular complexity index is 1590. The fraction of sp³-hybridized carbons (Fsp3) is 0.0385. The van der Waals surface area contributed by atoms with Gasteiger partial charge in [-0.2, -0.15) is 4.98 Å². The van der Waals surface area contributed by atoms with E-state index in [0.717, 1.165) is 32.9 Å². The van der Waals surface area contributed by atoms with E-state index in [-0.39, 0.29) is 4.90 Å². The first-order valence-corrected chi connectivity index (χ1v) is 12.1. The summed E-state index contributed by atoms with van der Waals surface area (Å²) in [6.45, 7) is 0. The Morgan fingerprint density at radius 3 is 2.31 bits per heavy atom. The first-order chi connectivity index (χ1) is 16.9. The van der Waals surface area contributed by atoms with Crippen LogP contribution in [0.5, 0.6) is 11.6 Å². The van der Waals surface area contributed by atoms with E-state index >= 15 is 0 Å². The maximum atomic E-state index is 13.2. The molecule has 0 saturated carbocycles. The zero-order chi connectivity index (χ0) is 24.4. The lowest BCUT2D eigenvalue weighted by molar-refractivity contribution is 0.469. The summed E-state index contributed by atoms with van der Waals surface area (Å²) in [7, 11) is -2.41. The zero-order valence-corrected chi connectivity index (χ0v) is 19.4. The number of pyridine rings is 1. The Labute approximate surface area is 201 Å². The second-order valence-electron chi connectivity index (χ2n) is 7.63. The third-order valence-corrected chi connectivity index (χ3v) is 7.17. The molecule has 35 heavy (non-hydrogen) atoms. The number of fused-ring (bicyclic) bond motifs is 1. The van der Waals surface area contributed by atoms with E-state index in [1.165, 1.54) is 19.2 Å². The maximum Gasteiger partial charge on any atom is 0.264 e. The van der Waals surface area contributed by atoms with Crippen LogP contribution in [-0.2, 0) is 10.0 Å². The van der Waals surface area contributed by atoms with Gasteiger partial charge in [0.15, 0.2) is 5.82 Å². The van der Waals surface area contributed by atoms with E-state index in [0.29, 0.717) is 23.1 Å². The number of nitrogens with zero attached hydrogens (tertiary/aromatic N) is 4. The van der Waals surface area contributed by atoms with Crippen molar-refractivity contribution in [2.24, 2.45) is 0 Å². The van der Waals surface area contributed by atoms with Gasteiger partial charge in [0, 0.05) is 25.0 Å². The lowest BCUT2D eigenvalue weighted by Crippen LogP contribution is -2.26. The number of rotatable bonds is 6. The lowest BCUT2D eigenvalue weighted by Gasteiger charge is -2.20. The van der Waals surface area contributed by atoms with Crippen LogP contribution in [0.3, 0.4) is 0 Å². The highest BCUT2D eigenvalue weighted by molar-refractivity contribution is 7.92. The van der Waals surface area contributed by atoms with Gasteiger partial charge in [0.25, 0.3) is 10.0 Å². The van der Waals surface area contributed by atoms with Gasteiger partial charge in [-0.1, -0.05) is 12.1 Å².